The predicted octanol–water partition coefficient (Wildman–Crippen LogP) is 6.65. The van der Waals surface area contributed by atoms with E-state index in [0.29, 0.717) is 28.6 Å². The van der Waals surface area contributed by atoms with E-state index >= 15 is 0 Å². The number of hydrogen-bond donors (Lipinski definition) is 0. The van der Waals surface area contributed by atoms with Crippen LogP contribution in [0.2, 0.25) is 0 Å². The minimum atomic E-state index is -0.449. The summed E-state index contributed by atoms with van der Waals surface area (Å²) in [6.07, 6.45) is 6.87. The fraction of sp³-hybridized carbons (Fsp3) is 0.357. The van der Waals surface area contributed by atoms with Gasteiger partial charge in [-0.25, -0.2) is 9.59 Å². The van der Waals surface area contributed by atoms with E-state index in [4.69, 9.17) is 9.47 Å². The summed E-state index contributed by atoms with van der Waals surface area (Å²) < 4.78 is 11.7. The first-order valence-electron chi connectivity index (χ1n) is 11.1. The zero-order valence-electron chi connectivity index (χ0n) is 19.5. The van der Waals surface area contributed by atoms with E-state index < -0.39 is 11.9 Å². The van der Waals surface area contributed by atoms with Crippen LogP contribution in [0, 0.1) is 5.92 Å². The third kappa shape index (κ3) is 5.18. The van der Waals surface area contributed by atoms with Crippen molar-refractivity contribution in [1.82, 2.24) is 0 Å². The number of hydrogen-bond acceptors (Lipinski definition) is 4. The van der Waals surface area contributed by atoms with Crippen molar-refractivity contribution in [1.29, 1.82) is 0 Å². The predicted molar refractivity (Wildman–Crippen MR) is 129 cm³/mol. The van der Waals surface area contributed by atoms with Crippen molar-refractivity contribution >= 4 is 22.7 Å². The second-order valence-corrected chi connectivity index (χ2v) is 8.97. The number of carbonyl (C=O) groups is 2. The number of allylic oxidation sites excluding steroid dienone is 2. The average molecular weight is 433 g/mol. The topological polar surface area (TPSA) is 52.6 Å². The van der Waals surface area contributed by atoms with Gasteiger partial charge in [-0.2, -0.15) is 0 Å². The summed E-state index contributed by atoms with van der Waals surface area (Å²) in [6, 6.07) is 7.59. The Bertz CT molecular complexity index is 1120. The van der Waals surface area contributed by atoms with Gasteiger partial charge in [0.15, 0.2) is 0 Å². The minimum absolute atomic E-state index is 0.344. The van der Waals surface area contributed by atoms with Gasteiger partial charge in [-0.3, -0.25) is 0 Å². The van der Waals surface area contributed by atoms with Crippen LogP contribution in [0.15, 0.2) is 60.2 Å². The molecule has 168 valence electrons. The summed E-state index contributed by atoms with van der Waals surface area (Å²) in [6.45, 7) is 15.0. The second-order valence-electron chi connectivity index (χ2n) is 8.97. The molecule has 1 unspecified atom stereocenters. The smallest absolute Gasteiger partial charge is 0.338 e. The van der Waals surface area contributed by atoms with Gasteiger partial charge in [-0.05, 0) is 65.7 Å². The van der Waals surface area contributed by atoms with Gasteiger partial charge in [0.25, 0.3) is 0 Å². The molecule has 0 bridgehead atoms. The highest BCUT2D eigenvalue weighted by atomic mass is 16.5. The fourth-order valence-corrected chi connectivity index (χ4v) is 4.14. The number of fused-ring (bicyclic) bond motifs is 2. The van der Waals surface area contributed by atoms with E-state index in [-0.39, 0.29) is 0 Å². The van der Waals surface area contributed by atoms with Gasteiger partial charge in [-0.15, -0.1) is 0 Å². The molecule has 2 aromatic rings. The molecular weight excluding hydrogens is 400 g/mol. The second kappa shape index (κ2) is 9.99. The molecule has 0 heterocycles. The monoisotopic (exact) mass is 432 g/mol. The summed E-state index contributed by atoms with van der Waals surface area (Å²) in [5, 5.41) is 1.52. The standard InChI is InChI=1S/C28H32O4/c1-17(2)10-9-11-20-14-15-23-24(16-20)26(32-28(30)19(5)6)22-13-8-7-12-21(22)25(23)31-27(29)18(3)4/h7-8,10,12-13,20H,3,5,9,11,14-16H2,1-2,4,6H3. The number of rotatable bonds is 7. The molecule has 0 N–H and O–H groups in total. The van der Waals surface area contributed by atoms with Gasteiger partial charge in [0, 0.05) is 33.0 Å². The Morgan fingerprint density at radius 2 is 1.47 bits per heavy atom. The molecule has 0 amide bonds. The quantitative estimate of drug-likeness (QED) is 0.213. The fourth-order valence-electron chi connectivity index (χ4n) is 4.14. The molecule has 1 aliphatic carbocycles. The van der Waals surface area contributed by atoms with Crippen LogP contribution < -0.4 is 9.47 Å². The highest BCUT2D eigenvalue weighted by molar-refractivity contribution is 6.01. The lowest BCUT2D eigenvalue weighted by molar-refractivity contribution is -0.131. The van der Waals surface area contributed by atoms with Crippen LogP contribution in [0.25, 0.3) is 10.8 Å². The first kappa shape index (κ1) is 23.5. The van der Waals surface area contributed by atoms with E-state index in [2.05, 4.69) is 33.1 Å². The van der Waals surface area contributed by atoms with Crippen LogP contribution in [0.4, 0.5) is 0 Å². The zero-order valence-corrected chi connectivity index (χ0v) is 19.5. The maximum atomic E-state index is 12.5. The lowest BCUT2D eigenvalue weighted by Gasteiger charge is -2.29. The van der Waals surface area contributed by atoms with Crippen molar-refractivity contribution in [3.8, 4) is 11.5 Å². The molecule has 0 fully saturated rings. The van der Waals surface area contributed by atoms with Gasteiger partial charge in [0.2, 0.25) is 0 Å². The molecule has 0 aliphatic heterocycles. The lowest BCUT2D eigenvalue weighted by atomic mass is 9.79. The van der Waals surface area contributed by atoms with Crippen LogP contribution in [0.5, 0.6) is 11.5 Å². The molecule has 0 aromatic heterocycles. The van der Waals surface area contributed by atoms with Crippen LogP contribution in [0.1, 0.15) is 58.1 Å². The van der Waals surface area contributed by atoms with Crippen molar-refractivity contribution in [2.75, 3.05) is 0 Å². The highest BCUT2D eigenvalue weighted by Crippen LogP contribution is 2.46. The van der Waals surface area contributed by atoms with Gasteiger partial charge in [-0.1, -0.05) is 49.1 Å². The van der Waals surface area contributed by atoms with Crippen LogP contribution >= 0.6 is 0 Å². The SMILES string of the molecule is C=C(C)C(=O)Oc1c2c(c(OC(=O)C(=C)C)c3ccccc13)CC(CCC=C(C)C)CC2. The molecule has 0 saturated heterocycles. The third-order valence-corrected chi connectivity index (χ3v) is 5.84. The number of benzene rings is 2. The Morgan fingerprint density at radius 1 is 0.938 bits per heavy atom. The average Bonchev–Trinajstić information content (AvgIpc) is 2.75. The molecule has 4 heteroatoms. The zero-order chi connectivity index (χ0) is 23.4. The highest BCUT2D eigenvalue weighted by Gasteiger charge is 2.29. The van der Waals surface area contributed by atoms with Crippen LogP contribution in [-0.2, 0) is 22.4 Å². The summed E-state index contributed by atoms with van der Waals surface area (Å²) >= 11 is 0. The normalized spacial score (nSPS) is 14.9. The number of esters is 2. The molecule has 2 aromatic carbocycles. The van der Waals surface area contributed by atoms with E-state index in [9.17, 15) is 9.59 Å². The number of carbonyl (C=O) groups excluding carboxylic acids is 2. The molecule has 3 rings (SSSR count). The summed E-state index contributed by atoms with van der Waals surface area (Å²) in [7, 11) is 0. The molecule has 1 atom stereocenters. The Balaban J connectivity index is 2.14. The maximum Gasteiger partial charge on any atom is 0.338 e. The summed E-state index contributed by atoms with van der Waals surface area (Å²) in [5.41, 5.74) is 3.90. The molecule has 32 heavy (non-hydrogen) atoms. The van der Waals surface area contributed by atoms with E-state index in [1.807, 2.05) is 24.3 Å². The van der Waals surface area contributed by atoms with Crippen molar-refractivity contribution in [3.05, 3.63) is 71.3 Å². The van der Waals surface area contributed by atoms with Crippen LogP contribution in [0.3, 0.4) is 0 Å². The first-order valence-corrected chi connectivity index (χ1v) is 11.1. The van der Waals surface area contributed by atoms with Crippen molar-refractivity contribution < 1.29 is 19.1 Å². The summed E-state index contributed by atoms with van der Waals surface area (Å²) in [4.78, 5) is 24.9. The Labute approximate surface area is 190 Å². The third-order valence-electron chi connectivity index (χ3n) is 5.84. The Kier molecular flexibility index (Phi) is 7.34. The lowest BCUT2D eigenvalue weighted by Crippen LogP contribution is -2.20. The van der Waals surface area contributed by atoms with Gasteiger partial charge in [0.05, 0.1) is 0 Å². The van der Waals surface area contributed by atoms with E-state index in [0.717, 1.165) is 54.0 Å². The van der Waals surface area contributed by atoms with Crippen molar-refractivity contribution in [3.63, 3.8) is 0 Å². The van der Waals surface area contributed by atoms with Gasteiger partial charge in [0.1, 0.15) is 11.5 Å². The summed E-state index contributed by atoms with van der Waals surface area (Å²) in [5.74, 6) is 0.684. The number of ether oxygens (including phenoxy) is 2. The first-order chi connectivity index (χ1) is 15.2. The molecule has 0 radical (unpaired) electrons. The van der Waals surface area contributed by atoms with Gasteiger partial charge < -0.3 is 9.47 Å². The van der Waals surface area contributed by atoms with Crippen molar-refractivity contribution in [2.45, 2.75) is 59.8 Å². The van der Waals surface area contributed by atoms with Gasteiger partial charge >= 0.3 is 11.9 Å². The maximum absolute atomic E-state index is 12.5. The van der Waals surface area contributed by atoms with Crippen molar-refractivity contribution in [2.24, 2.45) is 5.92 Å². The molecule has 4 nitrogen and oxygen atoms in total. The van der Waals surface area contributed by atoms with Crippen LogP contribution in [-0.4, -0.2) is 11.9 Å². The van der Waals surface area contributed by atoms with E-state index in [1.54, 1.807) is 13.8 Å². The largest absolute Gasteiger partial charge is 0.422 e. The molecule has 1 aliphatic rings. The molecule has 0 spiro atoms. The molecule has 0 saturated carbocycles. The Hall–Kier alpha value is -3.14. The molecular formula is C28H32O4. The van der Waals surface area contributed by atoms with E-state index in [1.165, 1.54) is 5.57 Å². The Morgan fingerprint density at radius 3 is 1.97 bits per heavy atom. The minimum Gasteiger partial charge on any atom is -0.422 e.